The van der Waals surface area contributed by atoms with Crippen molar-refractivity contribution in [3.63, 3.8) is 0 Å². The molecule has 0 amide bonds. The van der Waals surface area contributed by atoms with Gasteiger partial charge in [0.15, 0.2) is 0 Å². The van der Waals surface area contributed by atoms with Gasteiger partial charge >= 0.3 is 5.97 Å². The number of ether oxygens (including phenoxy) is 1. The molecule has 0 spiro atoms. The van der Waals surface area contributed by atoms with Crippen molar-refractivity contribution < 1.29 is 23.1 Å². The number of β-amino-alcohol motifs (C(OH)–C–C–N with tert-alkyl or cyclic N) is 1. The number of hydrogen-bond acceptors (Lipinski definition) is 5. The molecule has 1 heterocycles. The highest BCUT2D eigenvalue weighted by atomic mass is 32.2. The first-order valence-electron chi connectivity index (χ1n) is 6.13. The normalized spacial score (nSPS) is 25.9. The van der Waals surface area contributed by atoms with E-state index in [4.69, 9.17) is 4.74 Å². The van der Waals surface area contributed by atoms with Gasteiger partial charge in [0.25, 0.3) is 0 Å². The van der Waals surface area contributed by atoms with Crippen LogP contribution in [0.1, 0.15) is 33.1 Å². The van der Waals surface area contributed by atoms with Gasteiger partial charge in [-0.25, -0.2) is 8.42 Å². The van der Waals surface area contributed by atoms with Gasteiger partial charge in [0.1, 0.15) is 0 Å². The van der Waals surface area contributed by atoms with Crippen LogP contribution in [0, 0.1) is 0 Å². The highest BCUT2D eigenvalue weighted by Gasteiger charge is 2.34. The van der Waals surface area contributed by atoms with Crippen molar-refractivity contribution in [2.24, 2.45) is 0 Å². The van der Waals surface area contributed by atoms with Gasteiger partial charge in [0, 0.05) is 13.1 Å². The molecule has 1 N–H and O–H groups in total. The first-order chi connectivity index (χ1) is 8.27. The van der Waals surface area contributed by atoms with Crippen LogP contribution in [0.25, 0.3) is 0 Å². The smallest absolute Gasteiger partial charge is 0.306 e. The molecule has 1 saturated heterocycles. The largest absolute Gasteiger partial charge is 0.466 e. The minimum Gasteiger partial charge on any atom is -0.466 e. The summed E-state index contributed by atoms with van der Waals surface area (Å²) in [6.45, 7) is 4.05. The van der Waals surface area contributed by atoms with Gasteiger partial charge in [-0.1, -0.05) is 0 Å². The summed E-state index contributed by atoms with van der Waals surface area (Å²) in [7, 11) is -3.50. The number of esters is 1. The van der Waals surface area contributed by atoms with Gasteiger partial charge in [-0.2, -0.15) is 4.31 Å². The Bertz CT molecular complexity index is 390. The van der Waals surface area contributed by atoms with Crippen molar-refractivity contribution in [1.29, 1.82) is 0 Å². The van der Waals surface area contributed by atoms with Crippen LogP contribution in [0.3, 0.4) is 0 Å². The molecule has 1 aliphatic heterocycles. The number of hydrogen-bond donors (Lipinski definition) is 1. The highest BCUT2D eigenvalue weighted by Crippen LogP contribution is 2.22. The molecule has 0 aromatic rings. The zero-order valence-corrected chi connectivity index (χ0v) is 11.7. The fourth-order valence-corrected chi connectivity index (χ4v) is 3.55. The molecular weight excluding hydrogens is 258 g/mol. The van der Waals surface area contributed by atoms with Gasteiger partial charge < -0.3 is 9.84 Å². The minimum absolute atomic E-state index is 0.0954. The summed E-state index contributed by atoms with van der Waals surface area (Å²) in [5.74, 6) is -0.771. The Kier molecular flexibility index (Phi) is 5.12. The van der Waals surface area contributed by atoms with Crippen LogP contribution >= 0.6 is 0 Å². The fourth-order valence-electron chi connectivity index (χ4n) is 1.99. The van der Waals surface area contributed by atoms with E-state index in [0.717, 1.165) is 0 Å². The number of sulfonamides is 1. The molecule has 1 aliphatic rings. The monoisotopic (exact) mass is 279 g/mol. The molecule has 0 aromatic heterocycles. The second-order valence-corrected chi connectivity index (χ2v) is 6.89. The summed E-state index contributed by atoms with van der Waals surface area (Å²) in [6.07, 6.45) is 1.08. The van der Waals surface area contributed by atoms with Gasteiger partial charge in [0.2, 0.25) is 10.0 Å². The van der Waals surface area contributed by atoms with Gasteiger partial charge in [-0.3, -0.25) is 4.79 Å². The first-order valence-corrected chi connectivity index (χ1v) is 7.73. The quantitative estimate of drug-likeness (QED) is 0.722. The van der Waals surface area contributed by atoms with Crippen LogP contribution in [0.5, 0.6) is 0 Å². The standard InChI is InChI=1S/C11H21NO5S/c1-3-17-10(13)5-8-18(15,16)12-7-4-6-11(2,14)9-12/h14H,3-9H2,1-2H3. The number of piperidine rings is 1. The van der Waals surface area contributed by atoms with Crippen molar-refractivity contribution in [2.75, 3.05) is 25.4 Å². The molecule has 7 heteroatoms. The molecule has 0 radical (unpaired) electrons. The lowest BCUT2D eigenvalue weighted by Gasteiger charge is -2.35. The third kappa shape index (κ3) is 4.55. The number of rotatable bonds is 5. The van der Waals surface area contributed by atoms with E-state index in [2.05, 4.69) is 0 Å². The Morgan fingerprint density at radius 2 is 2.17 bits per heavy atom. The van der Waals surface area contributed by atoms with Gasteiger partial charge in [-0.15, -0.1) is 0 Å². The number of carbonyl (C=O) groups excluding carboxylic acids is 1. The zero-order valence-electron chi connectivity index (χ0n) is 10.9. The average molecular weight is 279 g/mol. The lowest BCUT2D eigenvalue weighted by molar-refractivity contribution is -0.142. The maximum atomic E-state index is 12.0. The number of aliphatic hydroxyl groups is 1. The maximum absolute atomic E-state index is 12.0. The molecule has 0 saturated carbocycles. The molecular formula is C11H21NO5S. The zero-order chi connectivity index (χ0) is 13.8. The Labute approximate surface area is 108 Å². The van der Waals surface area contributed by atoms with E-state index < -0.39 is 21.6 Å². The van der Waals surface area contributed by atoms with Gasteiger partial charge in [0.05, 0.1) is 24.4 Å². The van der Waals surface area contributed by atoms with Crippen molar-refractivity contribution in [1.82, 2.24) is 4.31 Å². The topological polar surface area (TPSA) is 83.9 Å². The molecule has 1 atom stereocenters. The lowest BCUT2D eigenvalue weighted by Crippen LogP contribution is -2.49. The van der Waals surface area contributed by atoms with Crippen LogP contribution in [0.2, 0.25) is 0 Å². The van der Waals surface area contributed by atoms with Crippen molar-refractivity contribution in [3.8, 4) is 0 Å². The van der Waals surface area contributed by atoms with Crippen LogP contribution < -0.4 is 0 Å². The molecule has 6 nitrogen and oxygen atoms in total. The Balaban J connectivity index is 2.55. The second-order valence-electron chi connectivity index (χ2n) is 4.81. The van der Waals surface area contributed by atoms with E-state index >= 15 is 0 Å². The van der Waals surface area contributed by atoms with E-state index in [1.807, 2.05) is 0 Å². The Hall–Kier alpha value is -0.660. The van der Waals surface area contributed by atoms with E-state index in [-0.39, 0.29) is 25.3 Å². The SMILES string of the molecule is CCOC(=O)CCS(=O)(=O)N1CCCC(C)(O)C1. The molecule has 0 aromatic carbocycles. The van der Waals surface area contributed by atoms with Crippen molar-refractivity contribution >= 4 is 16.0 Å². The van der Waals surface area contributed by atoms with E-state index in [9.17, 15) is 18.3 Å². The molecule has 1 rings (SSSR count). The first kappa shape index (κ1) is 15.4. The predicted molar refractivity (Wildman–Crippen MR) is 66.5 cm³/mol. The Morgan fingerprint density at radius 1 is 1.50 bits per heavy atom. The van der Waals surface area contributed by atoms with Crippen molar-refractivity contribution in [3.05, 3.63) is 0 Å². The predicted octanol–water partition coefficient (Wildman–Crippen LogP) is 0.116. The number of carbonyl (C=O) groups is 1. The molecule has 106 valence electrons. The molecule has 1 fully saturated rings. The third-order valence-corrected chi connectivity index (χ3v) is 4.72. The average Bonchev–Trinajstić information content (AvgIpc) is 2.26. The molecule has 1 unspecified atom stereocenters. The van der Waals surface area contributed by atoms with Crippen LogP contribution in [-0.4, -0.2) is 54.8 Å². The molecule has 0 aliphatic carbocycles. The van der Waals surface area contributed by atoms with E-state index in [1.165, 1.54) is 4.31 Å². The Morgan fingerprint density at radius 3 is 2.72 bits per heavy atom. The highest BCUT2D eigenvalue weighted by molar-refractivity contribution is 7.89. The minimum atomic E-state index is -3.50. The summed E-state index contributed by atoms with van der Waals surface area (Å²) in [6, 6.07) is 0. The summed E-state index contributed by atoms with van der Waals surface area (Å²) in [5, 5.41) is 9.87. The summed E-state index contributed by atoms with van der Waals surface area (Å²) in [4.78, 5) is 11.1. The summed E-state index contributed by atoms with van der Waals surface area (Å²) < 4.78 is 29.9. The fraction of sp³-hybridized carbons (Fsp3) is 0.909. The van der Waals surface area contributed by atoms with Gasteiger partial charge in [-0.05, 0) is 26.7 Å². The van der Waals surface area contributed by atoms with Crippen LogP contribution in [-0.2, 0) is 19.6 Å². The van der Waals surface area contributed by atoms with Crippen LogP contribution in [0.15, 0.2) is 0 Å². The second kappa shape index (κ2) is 5.99. The third-order valence-electron chi connectivity index (χ3n) is 2.90. The molecule has 0 bridgehead atoms. The van der Waals surface area contributed by atoms with E-state index in [0.29, 0.717) is 19.4 Å². The maximum Gasteiger partial charge on any atom is 0.306 e. The summed E-state index contributed by atoms with van der Waals surface area (Å²) >= 11 is 0. The number of nitrogens with zero attached hydrogens (tertiary/aromatic N) is 1. The van der Waals surface area contributed by atoms with Crippen molar-refractivity contribution in [2.45, 2.75) is 38.7 Å². The lowest BCUT2D eigenvalue weighted by atomic mass is 9.97. The summed E-state index contributed by atoms with van der Waals surface area (Å²) in [5.41, 5.74) is -0.977. The molecule has 18 heavy (non-hydrogen) atoms. The van der Waals surface area contributed by atoms with Crippen LogP contribution in [0.4, 0.5) is 0 Å². The van der Waals surface area contributed by atoms with E-state index in [1.54, 1.807) is 13.8 Å².